The maximum Gasteiger partial charge on any atom is 0.356 e. The van der Waals surface area contributed by atoms with Crippen molar-refractivity contribution in [3.8, 4) is 0 Å². The maximum absolute atomic E-state index is 10.2. The Morgan fingerprint density at radius 2 is 2.00 bits per heavy atom. The number of aromatic carboxylic acids is 2. The van der Waals surface area contributed by atoms with Crippen molar-refractivity contribution in [1.82, 2.24) is 9.97 Å². The third-order valence-corrected chi connectivity index (χ3v) is 7.79. The van der Waals surface area contributed by atoms with Gasteiger partial charge in [-0.25, -0.2) is 9.78 Å². The monoisotopic (exact) mass is 459 g/mol. The Bertz CT molecular complexity index is 973. The number of rotatable bonds is 4. The van der Waals surface area contributed by atoms with Crippen LogP contribution < -0.4 is 10.8 Å². The number of quaternary nitrogens is 1. The van der Waals surface area contributed by atoms with Gasteiger partial charge in [0.05, 0.1) is 24.5 Å². The van der Waals surface area contributed by atoms with Gasteiger partial charge in [-0.05, 0) is 59.6 Å². The highest BCUT2D eigenvalue weighted by atomic mass is 16.4. The number of benzene rings is 1. The SMILES string of the molecule is CC(C)c1ccc2c(c1)CC[C@H]1[C@](C)(C[NH3+])CCC[C@]21C.O.O=C(O)c1nc[nH]c1C(=O)[O-]. The van der Waals surface area contributed by atoms with Gasteiger partial charge < -0.3 is 31.2 Å². The van der Waals surface area contributed by atoms with E-state index in [0.29, 0.717) is 16.7 Å². The summed E-state index contributed by atoms with van der Waals surface area (Å²) < 4.78 is 0. The third-order valence-electron chi connectivity index (χ3n) is 7.79. The van der Waals surface area contributed by atoms with E-state index in [1.54, 1.807) is 11.1 Å². The standard InChI is InChI=1S/C20H31N.C5H4N2O4.H2O/c1-14(2)15-6-8-17-16(12-15)7-9-18-19(3,13-21)10-5-11-20(17,18)4;8-4(9)2-3(5(10)11)7-1-6-2;/h6,8,12,14,18H,5,7,9-11,13,21H2,1-4H3;1H,(H,6,7)(H,8,9)(H,10,11);1H2/t18-,19-,20+;;/m0../s1. The Balaban J connectivity index is 0.000000274. The molecule has 3 atom stereocenters. The molecule has 33 heavy (non-hydrogen) atoms. The highest BCUT2D eigenvalue weighted by Crippen LogP contribution is 2.56. The van der Waals surface area contributed by atoms with Gasteiger partial charge in [0.15, 0.2) is 5.69 Å². The minimum Gasteiger partial charge on any atom is -0.543 e. The van der Waals surface area contributed by atoms with Crippen molar-refractivity contribution in [1.29, 1.82) is 0 Å². The Morgan fingerprint density at radius 3 is 2.55 bits per heavy atom. The number of hydrogen-bond acceptors (Lipinski definition) is 4. The van der Waals surface area contributed by atoms with E-state index in [-0.39, 0.29) is 5.48 Å². The number of carboxylic acids is 2. The second-order valence-electron chi connectivity index (χ2n) is 10.1. The summed E-state index contributed by atoms with van der Waals surface area (Å²) in [6.45, 7) is 10.7. The lowest BCUT2D eigenvalue weighted by molar-refractivity contribution is -0.399. The number of aromatic nitrogens is 2. The Labute approximate surface area is 194 Å². The fourth-order valence-corrected chi connectivity index (χ4v) is 5.91. The zero-order valence-corrected chi connectivity index (χ0v) is 20.0. The molecule has 1 heterocycles. The van der Waals surface area contributed by atoms with E-state index in [1.807, 2.05) is 0 Å². The van der Waals surface area contributed by atoms with Crippen molar-refractivity contribution in [3.63, 3.8) is 0 Å². The van der Waals surface area contributed by atoms with Crippen molar-refractivity contribution >= 4 is 11.9 Å². The molecule has 1 aromatic carbocycles. The number of nitrogens with one attached hydrogen (secondary N) is 1. The van der Waals surface area contributed by atoms with Crippen LogP contribution in [0.5, 0.6) is 0 Å². The summed E-state index contributed by atoms with van der Waals surface area (Å²) in [5, 5.41) is 18.5. The molecule has 0 bridgehead atoms. The minimum absolute atomic E-state index is 0. The zero-order chi connectivity index (χ0) is 23.7. The molecule has 4 rings (SSSR count). The van der Waals surface area contributed by atoms with E-state index in [1.165, 1.54) is 37.7 Å². The molecule has 7 N–H and O–H groups in total. The van der Waals surface area contributed by atoms with Crippen LogP contribution in [0.4, 0.5) is 0 Å². The smallest absolute Gasteiger partial charge is 0.356 e. The molecule has 2 aliphatic carbocycles. The number of hydrogen-bond donors (Lipinski definition) is 3. The number of nitrogens with zero attached hydrogens (tertiary/aromatic N) is 1. The number of carbonyl (C=O) groups is 2. The van der Waals surface area contributed by atoms with E-state index < -0.39 is 23.3 Å². The number of fused-ring (bicyclic) bond motifs is 3. The predicted octanol–water partition coefficient (Wildman–Crippen LogP) is 1.71. The largest absolute Gasteiger partial charge is 0.543 e. The summed E-state index contributed by atoms with van der Waals surface area (Å²) in [6.07, 6.45) is 7.71. The molecule has 2 aromatic rings. The van der Waals surface area contributed by atoms with E-state index in [4.69, 9.17) is 5.11 Å². The molecule has 0 spiro atoms. The second kappa shape index (κ2) is 10.1. The lowest BCUT2D eigenvalue weighted by Crippen LogP contribution is -2.63. The highest BCUT2D eigenvalue weighted by Gasteiger charge is 2.52. The van der Waals surface area contributed by atoms with Gasteiger partial charge in [-0.2, -0.15) is 0 Å². The molecule has 1 fully saturated rings. The molecule has 0 saturated heterocycles. The van der Waals surface area contributed by atoms with Crippen LogP contribution in [0.2, 0.25) is 0 Å². The molecule has 8 nitrogen and oxygen atoms in total. The van der Waals surface area contributed by atoms with Crippen LogP contribution in [0, 0.1) is 11.3 Å². The van der Waals surface area contributed by atoms with Gasteiger partial charge in [-0.3, -0.25) is 0 Å². The maximum atomic E-state index is 10.2. The lowest BCUT2D eigenvalue weighted by Gasteiger charge is -2.54. The van der Waals surface area contributed by atoms with E-state index in [2.05, 4.69) is 61.6 Å². The first-order chi connectivity index (χ1) is 15.0. The molecular weight excluding hydrogens is 422 g/mol. The average molecular weight is 460 g/mol. The van der Waals surface area contributed by atoms with E-state index in [9.17, 15) is 14.7 Å². The average Bonchev–Trinajstić information content (AvgIpc) is 3.24. The first kappa shape index (κ1) is 26.5. The normalized spacial score (nSPS) is 25.7. The Hall–Kier alpha value is -2.71. The Morgan fingerprint density at radius 1 is 1.30 bits per heavy atom. The summed E-state index contributed by atoms with van der Waals surface area (Å²) in [7, 11) is 0. The van der Waals surface area contributed by atoms with Crippen molar-refractivity contribution in [2.24, 2.45) is 11.3 Å². The summed E-state index contributed by atoms with van der Waals surface area (Å²) in [4.78, 5) is 25.7. The predicted molar refractivity (Wildman–Crippen MR) is 123 cm³/mol. The first-order valence-corrected chi connectivity index (χ1v) is 11.4. The van der Waals surface area contributed by atoms with Crippen molar-refractivity contribution < 1.29 is 31.0 Å². The topological polar surface area (TPSA) is 165 Å². The van der Waals surface area contributed by atoms with Gasteiger partial charge >= 0.3 is 5.97 Å². The van der Waals surface area contributed by atoms with Gasteiger partial charge in [0.25, 0.3) is 0 Å². The summed E-state index contributed by atoms with van der Waals surface area (Å²) in [6, 6.07) is 7.34. The fourth-order valence-electron chi connectivity index (χ4n) is 5.91. The van der Waals surface area contributed by atoms with Crippen LogP contribution in [-0.2, 0) is 11.8 Å². The molecule has 0 unspecified atom stereocenters. The Kier molecular flexibility index (Phi) is 8.09. The van der Waals surface area contributed by atoms with Crippen LogP contribution in [0.25, 0.3) is 0 Å². The lowest BCUT2D eigenvalue weighted by atomic mass is 9.50. The zero-order valence-electron chi connectivity index (χ0n) is 20.0. The van der Waals surface area contributed by atoms with Crippen molar-refractivity contribution in [2.45, 2.75) is 71.1 Å². The first-order valence-electron chi connectivity index (χ1n) is 11.4. The van der Waals surface area contributed by atoms with Gasteiger partial charge in [0.1, 0.15) is 0 Å². The third kappa shape index (κ3) is 4.96. The number of aryl methyl sites for hydroxylation is 1. The van der Waals surface area contributed by atoms with E-state index in [0.717, 1.165) is 18.8 Å². The quantitative estimate of drug-likeness (QED) is 0.632. The van der Waals surface area contributed by atoms with Crippen LogP contribution in [0.1, 0.15) is 97.0 Å². The number of H-pyrrole nitrogens is 1. The molecule has 0 radical (unpaired) electrons. The summed E-state index contributed by atoms with van der Waals surface area (Å²) in [5.41, 5.74) is 8.87. The van der Waals surface area contributed by atoms with Crippen LogP contribution in [-0.4, -0.2) is 39.0 Å². The molecule has 0 amide bonds. The van der Waals surface area contributed by atoms with Crippen LogP contribution >= 0.6 is 0 Å². The molecule has 0 aliphatic heterocycles. The number of imidazole rings is 1. The van der Waals surface area contributed by atoms with Gasteiger partial charge in [-0.1, -0.05) is 52.3 Å². The minimum atomic E-state index is -1.58. The highest BCUT2D eigenvalue weighted by molar-refractivity contribution is 5.97. The number of aromatic amines is 1. The van der Waals surface area contributed by atoms with Crippen molar-refractivity contribution in [3.05, 3.63) is 52.6 Å². The van der Waals surface area contributed by atoms with Gasteiger partial charge in [-0.15, -0.1) is 0 Å². The molecular formula is C25H37N3O5. The van der Waals surface area contributed by atoms with Gasteiger partial charge in [0.2, 0.25) is 0 Å². The molecule has 2 aliphatic rings. The molecule has 1 saturated carbocycles. The number of carboxylic acid groups (broad SMARTS) is 2. The van der Waals surface area contributed by atoms with Gasteiger partial charge in [0, 0.05) is 5.41 Å². The second-order valence-corrected chi connectivity index (χ2v) is 10.1. The van der Waals surface area contributed by atoms with Crippen LogP contribution in [0.3, 0.4) is 0 Å². The number of carbonyl (C=O) groups excluding carboxylic acids is 1. The molecule has 1 aromatic heterocycles. The van der Waals surface area contributed by atoms with E-state index >= 15 is 0 Å². The molecule has 182 valence electrons. The van der Waals surface area contributed by atoms with Crippen LogP contribution in [0.15, 0.2) is 24.5 Å². The fraction of sp³-hybridized carbons (Fsp3) is 0.560. The van der Waals surface area contributed by atoms with Crippen molar-refractivity contribution in [2.75, 3.05) is 6.54 Å². The molecule has 8 heteroatoms. The summed E-state index contributed by atoms with van der Waals surface area (Å²) >= 11 is 0. The summed E-state index contributed by atoms with van der Waals surface area (Å²) in [5.74, 6) is -1.53.